The maximum absolute atomic E-state index is 10.9. The second-order valence-corrected chi connectivity index (χ2v) is 6.89. The van der Waals surface area contributed by atoms with E-state index in [0.717, 1.165) is 22.1 Å². The zero-order valence-electron chi connectivity index (χ0n) is 17.3. The Hall–Kier alpha value is -2.27. The Labute approximate surface area is 175 Å². The van der Waals surface area contributed by atoms with E-state index in [1.54, 1.807) is 21.1 Å². The molecule has 0 unspecified atom stereocenters. The van der Waals surface area contributed by atoms with Gasteiger partial charge in [0, 0.05) is 6.54 Å². The summed E-state index contributed by atoms with van der Waals surface area (Å²) in [6.45, 7) is 1.12. The topological polar surface area (TPSA) is 160 Å². The van der Waals surface area contributed by atoms with Crippen molar-refractivity contribution in [3.63, 3.8) is 0 Å². The molecule has 0 aliphatic carbocycles. The number of hydrogen-bond donors (Lipinski definition) is 7. The van der Waals surface area contributed by atoms with Gasteiger partial charge in [-0.2, -0.15) is 0 Å². The minimum Gasteiger partial charge on any atom is -0.497 e. The number of carboxylic acids is 1. The molecule has 0 amide bonds. The van der Waals surface area contributed by atoms with Crippen LogP contribution in [0.4, 0.5) is 0 Å². The highest BCUT2D eigenvalue weighted by Crippen LogP contribution is 2.25. The average Bonchev–Trinajstić information content (AvgIpc) is 2.76. The lowest BCUT2D eigenvalue weighted by Crippen LogP contribution is -2.48. The molecule has 2 rings (SSSR count). The minimum atomic E-state index is -1.55. The predicted octanol–water partition coefficient (Wildman–Crippen LogP) is -0.322. The van der Waals surface area contributed by atoms with Crippen LogP contribution >= 0.6 is 0 Å². The van der Waals surface area contributed by atoms with E-state index in [4.69, 9.17) is 30.3 Å². The van der Waals surface area contributed by atoms with E-state index < -0.39 is 42.9 Å². The molecule has 9 nitrogen and oxygen atoms in total. The summed E-state index contributed by atoms with van der Waals surface area (Å²) in [4.78, 5) is 10.9. The maximum atomic E-state index is 10.9. The minimum absolute atomic E-state index is 0.0936. The van der Waals surface area contributed by atoms with E-state index in [2.05, 4.69) is 5.32 Å². The molecule has 0 aliphatic rings. The predicted molar refractivity (Wildman–Crippen MR) is 112 cm³/mol. The third-order valence-corrected chi connectivity index (χ3v) is 4.68. The molecule has 0 fully saturated rings. The highest BCUT2D eigenvalue weighted by atomic mass is 16.5. The van der Waals surface area contributed by atoms with Gasteiger partial charge >= 0.3 is 5.97 Å². The number of nitrogens with one attached hydrogen (secondary N) is 1. The van der Waals surface area contributed by atoms with Crippen molar-refractivity contribution in [1.29, 1.82) is 0 Å². The Morgan fingerprint density at radius 3 is 2.10 bits per heavy atom. The average molecular weight is 425 g/mol. The lowest BCUT2D eigenvalue weighted by molar-refractivity contribution is -0.138. The first-order chi connectivity index (χ1) is 14.2. The molecule has 0 spiro atoms. The lowest BCUT2D eigenvalue weighted by atomic mass is 9.98. The fourth-order valence-electron chi connectivity index (χ4n) is 2.67. The summed E-state index contributed by atoms with van der Waals surface area (Å²) in [5, 5.41) is 58.5. The number of ether oxygens (including phenoxy) is 1. The Bertz CT molecular complexity index is 800. The Morgan fingerprint density at radius 2 is 1.57 bits per heavy atom. The highest BCUT2D eigenvalue weighted by Gasteiger charge is 2.29. The monoisotopic (exact) mass is 425 g/mol. The number of aliphatic hydroxyl groups is 5. The molecule has 0 heterocycles. The third-order valence-electron chi connectivity index (χ3n) is 4.68. The first-order valence-electron chi connectivity index (χ1n) is 9.44. The van der Waals surface area contributed by atoms with Crippen molar-refractivity contribution in [2.75, 3.05) is 27.3 Å². The number of carbonyl (C=O) groups is 1. The Balaban J connectivity index is 0.000000314. The molecule has 0 saturated heterocycles. The van der Waals surface area contributed by atoms with Gasteiger partial charge in [0.1, 0.15) is 24.1 Å². The van der Waals surface area contributed by atoms with Crippen LogP contribution in [0.2, 0.25) is 0 Å². The number of aliphatic hydroxyl groups excluding tert-OH is 5. The van der Waals surface area contributed by atoms with Crippen molar-refractivity contribution in [3.05, 3.63) is 42.0 Å². The van der Waals surface area contributed by atoms with Crippen molar-refractivity contribution < 1.29 is 40.2 Å². The molecule has 0 aromatic heterocycles. The first kappa shape index (κ1) is 25.8. The van der Waals surface area contributed by atoms with Crippen LogP contribution in [0.5, 0.6) is 5.75 Å². The summed E-state index contributed by atoms with van der Waals surface area (Å²) in [7, 11) is 3.20. The summed E-state index contributed by atoms with van der Waals surface area (Å²) < 4.78 is 5.14. The van der Waals surface area contributed by atoms with Crippen LogP contribution < -0.4 is 10.1 Å². The van der Waals surface area contributed by atoms with E-state index in [1.165, 1.54) is 0 Å². The number of carboxylic acid groups (broad SMARTS) is 1. The smallest absolute Gasteiger partial charge is 0.310 e. The molecule has 0 bridgehead atoms. The Morgan fingerprint density at radius 1 is 1.00 bits per heavy atom. The largest absolute Gasteiger partial charge is 0.497 e. The summed E-state index contributed by atoms with van der Waals surface area (Å²) in [6.07, 6.45) is -5.65. The lowest BCUT2D eigenvalue weighted by Gasteiger charge is -2.25. The van der Waals surface area contributed by atoms with Crippen LogP contribution in [0, 0.1) is 0 Å². The van der Waals surface area contributed by atoms with Gasteiger partial charge in [-0.05, 0) is 42.4 Å². The molecule has 5 atom stereocenters. The van der Waals surface area contributed by atoms with Gasteiger partial charge in [0.05, 0.1) is 25.7 Å². The zero-order valence-corrected chi connectivity index (χ0v) is 17.3. The molecule has 2 aromatic carbocycles. The number of likely N-dealkylation sites (N-methyl/N-ethyl adjacent to an activating group) is 1. The third kappa shape index (κ3) is 7.21. The normalized spacial score (nSPS) is 16.0. The molecular formula is C21H31NO8. The number of hydrogen-bond acceptors (Lipinski definition) is 8. The quantitative estimate of drug-likeness (QED) is 0.286. The van der Waals surface area contributed by atoms with E-state index >= 15 is 0 Å². The van der Waals surface area contributed by atoms with Gasteiger partial charge in [0.2, 0.25) is 0 Å². The first-order valence-corrected chi connectivity index (χ1v) is 9.44. The van der Waals surface area contributed by atoms with Crippen molar-refractivity contribution in [2.24, 2.45) is 0 Å². The number of methoxy groups -OCH3 is 1. The van der Waals surface area contributed by atoms with Gasteiger partial charge in [-0.15, -0.1) is 0 Å². The van der Waals surface area contributed by atoms with Gasteiger partial charge in [0.15, 0.2) is 0 Å². The molecule has 2 aromatic rings. The van der Waals surface area contributed by atoms with Crippen molar-refractivity contribution >= 4 is 16.7 Å². The summed E-state index contributed by atoms with van der Waals surface area (Å²) in [5.74, 6) is -0.490. The van der Waals surface area contributed by atoms with Crippen molar-refractivity contribution in [2.45, 2.75) is 37.3 Å². The van der Waals surface area contributed by atoms with Gasteiger partial charge < -0.3 is 40.7 Å². The molecule has 0 aliphatic heterocycles. The van der Waals surface area contributed by atoms with Crippen LogP contribution in [0.15, 0.2) is 36.4 Å². The van der Waals surface area contributed by atoms with Gasteiger partial charge in [-0.3, -0.25) is 4.79 Å². The summed E-state index contributed by atoms with van der Waals surface area (Å²) in [6, 6.07) is 11.4. The molecule has 7 N–H and O–H groups in total. The molecule has 9 heteroatoms. The van der Waals surface area contributed by atoms with E-state index in [9.17, 15) is 9.90 Å². The van der Waals surface area contributed by atoms with Gasteiger partial charge in [-0.25, -0.2) is 0 Å². The SMILES string of the molecule is CNC[C@H](O)[C@@H](O)[C@H](O)[C@H](O)CO.COc1ccc2cc([C@H](C)C(=O)O)ccc2c1. The van der Waals surface area contributed by atoms with Gasteiger partial charge in [-0.1, -0.05) is 24.3 Å². The van der Waals surface area contributed by atoms with Crippen LogP contribution in [-0.2, 0) is 4.79 Å². The number of rotatable bonds is 9. The Kier molecular flexibility index (Phi) is 10.7. The second kappa shape index (κ2) is 12.4. The standard InChI is InChI=1S/C14H14O3.C7H17NO5/c1-9(14(15)16)10-3-4-12-8-13(17-2)6-5-11(12)7-10;1-8-2-4(10)6(12)7(13)5(11)3-9/h3-9H,1-2H3,(H,15,16);4-13H,2-3H2,1H3/t9-;4-,5+,6+,7+/m00/s1. The molecule has 30 heavy (non-hydrogen) atoms. The van der Waals surface area contributed by atoms with E-state index in [1.807, 2.05) is 36.4 Å². The van der Waals surface area contributed by atoms with Crippen LogP contribution in [0.25, 0.3) is 10.8 Å². The van der Waals surface area contributed by atoms with Crippen LogP contribution in [0.3, 0.4) is 0 Å². The summed E-state index contributed by atoms with van der Waals surface area (Å²) in [5.41, 5.74) is 0.815. The van der Waals surface area contributed by atoms with E-state index in [0.29, 0.717) is 0 Å². The number of fused-ring (bicyclic) bond motifs is 1. The fourth-order valence-corrected chi connectivity index (χ4v) is 2.67. The van der Waals surface area contributed by atoms with E-state index in [-0.39, 0.29) is 6.54 Å². The second-order valence-electron chi connectivity index (χ2n) is 6.89. The number of aliphatic carboxylic acids is 1. The highest BCUT2D eigenvalue weighted by molar-refractivity contribution is 5.86. The van der Waals surface area contributed by atoms with Crippen LogP contribution in [0.1, 0.15) is 18.4 Å². The van der Waals surface area contributed by atoms with Crippen molar-refractivity contribution in [1.82, 2.24) is 5.32 Å². The fraction of sp³-hybridized carbons (Fsp3) is 0.476. The van der Waals surface area contributed by atoms with Crippen molar-refractivity contribution in [3.8, 4) is 5.75 Å². The number of benzene rings is 2. The van der Waals surface area contributed by atoms with Crippen LogP contribution in [-0.4, -0.2) is 88.3 Å². The molecule has 0 saturated carbocycles. The maximum Gasteiger partial charge on any atom is 0.310 e. The molecule has 168 valence electrons. The zero-order chi connectivity index (χ0) is 22.8. The molecular weight excluding hydrogens is 394 g/mol. The summed E-state index contributed by atoms with van der Waals surface area (Å²) >= 11 is 0. The molecule has 0 radical (unpaired) electrons. The van der Waals surface area contributed by atoms with Gasteiger partial charge in [0.25, 0.3) is 0 Å².